The molecule has 0 aliphatic rings. The lowest BCUT2D eigenvalue weighted by molar-refractivity contribution is 0.605. The van der Waals surface area contributed by atoms with Crippen LogP contribution in [0.4, 0.5) is 0 Å². The van der Waals surface area contributed by atoms with E-state index in [1.54, 1.807) is 0 Å². The van der Waals surface area contributed by atoms with E-state index < -0.39 is 0 Å². The highest BCUT2D eigenvalue weighted by Crippen LogP contribution is 2.40. The molecule has 0 fully saturated rings. The van der Waals surface area contributed by atoms with Gasteiger partial charge in [0.15, 0.2) is 0 Å². The van der Waals surface area contributed by atoms with E-state index in [0.29, 0.717) is 0 Å². The Morgan fingerprint density at radius 3 is 1.67 bits per heavy atom. The molecule has 8 rings (SSSR count). The molecule has 1 aromatic heterocycles. The number of para-hydroxylation sites is 3. The third kappa shape index (κ3) is 10.6. The minimum atomic E-state index is 0.961. The number of hydrogen-bond donors (Lipinski definition) is 0. The Kier molecular flexibility index (Phi) is 14.8. The van der Waals surface area contributed by atoms with Crippen LogP contribution < -0.4 is 0 Å². The Bertz CT molecular complexity index is 2730. The minimum Gasteiger partial charge on any atom is -0.292 e. The fraction of sp³-hybridized carbons (Fsp3) is 0.295. The molecule has 8 aromatic rings. The van der Waals surface area contributed by atoms with E-state index in [2.05, 4.69) is 190 Å². The molecule has 0 atom stereocenters. The van der Waals surface area contributed by atoms with Gasteiger partial charge in [0.2, 0.25) is 0 Å². The lowest BCUT2D eigenvalue weighted by Crippen LogP contribution is -2.00. The SMILES string of the molecule is CCCCCCCCc1cc(-c2cc(-c3cccc(-c4ccccc4-c4cccc(C)c4)c3)cc(-c3nc4ccccc4n3-c3ccccc3)c2)c(CCCCCCCC)cc1C. The van der Waals surface area contributed by atoms with Crippen molar-refractivity contribution in [1.29, 1.82) is 0 Å². The van der Waals surface area contributed by atoms with Crippen molar-refractivity contribution in [2.75, 3.05) is 0 Å². The Morgan fingerprint density at radius 1 is 0.397 bits per heavy atom. The summed E-state index contributed by atoms with van der Waals surface area (Å²) in [5.74, 6) is 0.961. The van der Waals surface area contributed by atoms with E-state index in [4.69, 9.17) is 4.98 Å². The van der Waals surface area contributed by atoms with E-state index in [9.17, 15) is 0 Å². The number of benzene rings is 7. The zero-order chi connectivity index (χ0) is 43.4. The van der Waals surface area contributed by atoms with Gasteiger partial charge < -0.3 is 0 Å². The minimum absolute atomic E-state index is 0.961. The van der Waals surface area contributed by atoms with Crippen molar-refractivity contribution in [3.05, 3.63) is 180 Å². The normalized spacial score (nSPS) is 11.4. The lowest BCUT2D eigenvalue weighted by Gasteiger charge is -2.18. The second-order valence-electron chi connectivity index (χ2n) is 17.9. The zero-order valence-corrected chi connectivity index (χ0v) is 38.3. The quantitative estimate of drug-likeness (QED) is 0.0700. The van der Waals surface area contributed by atoms with E-state index in [1.165, 1.54) is 144 Å². The van der Waals surface area contributed by atoms with E-state index >= 15 is 0 Å². The average Bonchev–Trinajstić information content (AvgIpc) is 3.72. The fourth-order valence-electron chi connectivity index (χ4n) is 9.55. The summed E-state index contributed by atoms with van der Waals surface area (Å²) < 4.78 is 2.35. The van der Waals surface area contributed by atoms with Crippen LogP contribution in [0.5, 0.6) is 0 Å². The number of rotatable bonds is 20. The Balaban J connectivity index is 1.29. The Morgan fingerprint density at radius 2 is 0.952 bits per heavy atom. The molecule has 0 aliphatic heterocycles. The van der Waals surface area contributed by atoms with Crippen molar-refractivity contribution in [3.8, 4) is 61.6 Å². The number of nitrogens with zero attached hydrogens (tertiary/aromatic N) is 2. The largest absolute Gasteiger partial charge is 0.292 e. The number of hydrogen-bond acceptors (Lipinski definition) is 1. The van der Waals surface area contributed by atoms with Gasteiger partial charge in [-0.15, -0.1) is 0 Å². The Labute approximate surface area is 378 Å². The molecular formula is C61H66N2. The van der Waals surface area contributed by atoms with Crippen molar-refractivity contribution in [3.63, 3.8) is 0 Å². The average molecular weight is 827 g/mol. The van der Waals surface area contributed by atoms with Crippen molar-refractivity contribution >= 4 is 11.0 Å². The molecule has 0 unspecified atom stereocenters. The summed E-state index contributed by atoms with van der Waals surface area (Å²) >= 11 is 0. The maximum Gasteiger partial charge on any atom is 0.145 e. The van der Waals surface area contributed by atoms with Crippen molar-refractivity contribution in [2.24, 2.45) is 0 Å². The van der Waals surface area contributed by atoms with Gasteiger partial charge in [-0.1, -0.05) is 193 Å². The first-order valence-corrected chi connectivity index (χ1v) is 24.1. The number of unbranched alkanes of at least 4 members (excludes halogenated alkanes) is 10. The highest BCUT2D eigenvalue weighted by atomic mass is 15.1. The summed E-state index contributed by atoms with van der Waals surface area (Å²) in [5.41, 5.74) is 20.0. The zero-order valence-electron chi connectivity index (χ0n) is 38.3. The molecule has 2 heteroatoms. The van der Waals surface area contributed by atoms with Gasteiger partial charge in [0, 0.05) is 11.3 Å². The van der Waals surface area contributed by atoms with Crippen LogP contribution in [0.15, 0.2) is 158 Å². The molecule has 0 spiro atoms. The molecule has 7 aromatic carbocycles. The predicted molar refractivity (Wildman–Crippen MR) is 272 cm³/mol. The smallest absolute Gasteiger partial charge is 0.145 e. The molecular weight excluding hydrogens is 761 g/mol. The van der Waals surface area contributed by atoms with Crippen LogP contribution in [0.25, 0.3) is 72.6 Å². The standard InChI is InChI=1S/C61H66N2/c1-5-7-9-11-13-16-27-47-44-58(50(39-46(47)4)28-17-14-12-10-8-6-2)53-41-52(42-54(43-53)61-62-59-36-22-23-37-60(59)63(61)55-32-18-15-19-33-55)48-29-25-31-51(40-48)57-35-21-20-34-56(57)49-30-24-26-45(3)38-49/h15,18-26,29-44H,5-14,16-17,27-28H2,1-4H3. The van der Waals surface area contributed by atoms with Gasteiger partial charge in [-0.2, -0.15) is 0 Å². The predicted octanol–water partition coefficient (Wildman–Crippen LogP) is 17.8. The monoisotopic (exact) mass is 827 g/mol. The summed E-state index contributed by atoms with van der Waals surface area (Å²) in [6.45, 7) is 9.14. The maximum atomic E-state index is 5.42. The molecule has 0 radical (unpaired) electrons. The Hall–Kier alpha value is -5.99. The third-order valence-electron chi connectivity index (χ3n) is 13.0. The van der Waals surface area contributed by atoms with Crippen LogP contribution >= 0.6 is 0 Å². The lowest BCUT2D eigenvalue weighted by atomic mass is 9.87. The number of aromatic nitrogens is 2. The summed E-state index contributed by atoms with van der Waals surface area (Å²) in [6.07, 6.45) is 17.8. The van der Waals surface area contributed by atoms with Crippen molar-refractivity contribution in [1.82, 2.24) is 9.55 Å². The summed E-state index contributed by atoms with van der Waals surface area (Å²) in [5, 5.41) is 0. The summed E-state index contributed by atoms with van der Waals surface area (Å²) in [4.78, 5) is 5.42. The van der Waals surface area contributed by atoms with Crippen molar-refractivity contribution < 1.29 is 0 Å². The van der Waals surface area contributed by atoms with Gasteiger partial charge in [-0.25, -0.2) is 4.98 Å². The van der Waals surface area contributed by atoms with E-state index in [-0.39, 0.29) is 0 Å². The van der Waals surface area contributed by atoms with E-state index in [0.717, 1.165) is 41.0 Å². The molecule has 2 nitrogen and oxygen atoms in total. The molecule has 0 bridgehead atoms. The maximum absolute atomic E-state index is 5.42. The molecule has 0 N–H and O–H groups in total. The first-order valence-electron chi connectivity index (χ1n) is 24.1. The van der Waals surface area contributed by atoms with Gasteiger partial charge in [0.25, 0.3) is 0 Å². The van der Waals surface area contributed by atoms with Gasteiger partial charge >= 0.3 is 0 Å². The summed E-state index contributed by atoms with van der Waals surface area (Å²) in [7, 11) is 0. The fourth-order valence-corrected chi connectivity index (χ4v) is 9.55. The van der Waals surface area contributed by atoms with Crippen LogP contribution in [0.3, 0.4) is 0 Å². The number of imidazole rings is 1. The molecule has 0 amide bonds. The van der Waals surface area contributed by atoms with Gasteiger partial charge in [0.05, 0.1) is 11.0 Å². The van der Waals surface area contributed by atoms with Gasteiger partial charge in [0.1, 0.15) is 5.82 Å². The molecule has 320 valence electrons. The molecule has 0 saturated heterocycles. The van der Waals surface area contributed by atoms with Crippen LogP contribution in [-0.4, -0.2) is 9.55 Å². The number of aryl methyl sites for hydroxylation is 4. The second-order valence-corrected chi connectivity index (χ2v) is 17.9. The van der Waals surface area contributed by atoms with Crippen LogP contribution in [0.1, 0.15) is 113 Å². The van der Waals surface area contributed by atoms with E-state index in [1.807, 2.05) is 0 Å². The molecule has 1 heterocycles. The van der Waals surface area contributed by atoms with Crippen LogP contribution in [0.2, 0.25) is 0 Å². The third-order valence-corrected chi connectivity index (χ3v) is 13.0. The molecule has 63 heavy (non-hydrogen) atoms. The molecule has 0 aliphatic carbocycles. The van der Waals surface area contributed by atoms with Crippen LogP contribution in [-0.2, 0) is 12.8 Å². The first kappa shape index (κ1) is 43.7. The van der Waals surface area contributed by atoms with Crippen LogP contribution in [0, 0.1) is 13.8 Å². The van der Waals surface area contributed by atoms with Gasteiger partial charge in [-0.3, -0.25) is 4.57 Å². The highest BCUT2D eigenvalue weighted by molar-refractivity contribution is 5.89. The van der Waals surface area contributed by atoms with Gasteiger partial charge in [-0.05, 0) is 149 Å². The second kappa shape index (κ2) is 21.4. The first-order chi connectivity index (χ1) is 31.0. The topological polar surface area (TPSA) is 17.8 Å². The highest BCUT2D eigenvalue weighted by Gasteiger charge is 2.19. The molecule has 0 saturated carbocycles. The number of fused-ring (bicyclic) bond motifs is 1. The van der Waals surface area contributed by atoms with Crippen molar-refractivity contribution in [2.45, 2.75) is 118 Å². The summed E-state index contributed by atoms with van der Waals surface area (Å²) in [6, 6.07) is 58.6.